The van der Waals surface area contributed by atoms with Crippen LogP contribution in [-0.4, -0.2) is 32.7 Å². The molecule has 1 unspecified atom stereocenters. The van der Waals surface area contributed by atoms with E-state index in [0.29, 0.717) is 43.5 Å². The van der Waals surface area contributed by atoms with Gasteiger partial charge in [0.05, 0.1) is 17.2 Å². The van der Waals surface area contributed by atoms with Crippen molar-refractivity contribution in [3.8, 4) is 0 Å². The molecule has 160 valence electrons. The van der Waals surface area contributed by atoms with Crippen molar-refractivity contribution in [2.75, 3.05) is 6.61 Å². The van der Waals surface area contributed by atoms with Crippen LogP contribution in [-0.2, 0) is 4.74 Å². The number of nitrogens with one attached hydrogen (secondary N) is 1. The lowest BCUT2D eigenvalue weighted by molar-refractivity contribution is 0.0531. The van der Waals surface area contributed by atoms with Crippen molar-refractivity contribution in [3.05, 3.63) is 32.5 Å². The molecule has 1 fully saturated rings. The largest absolute Gasteiger partial charge is 0.462 e. The molecule has 3 aromatic heterocycles. The summed E-state index contributed by atoms with van der Waals surface area (Å²) in [7, 11) is 0. The Kier molecular flexibility index (Phi) is 6.24. The Labute approximate surface area is 181 Å². The van der Waals surface area contributed by atoms with Gasteiger partial charge in [-0.15, -0.1) is 21.5 Å². The van der Waals surface area contributed by atoms with Crippen LogP contribution < -0.4 is 5.56 Å². The molecule has 8 nitrogen and oxygen atoms in total. The van der Waals surface area contributed by atoms with Gasteiger partial charge in [0.2, 0.25) is 5.89 Å². The Balaban J connectivity index is 1.56. The second kappa shape index (κ2) is 8.89. The van der Waals surface area contributed by atoms with Crippen LogP contribution >= 0.6 is 23.1 Å². The fourth-order valence-corrected chi connectivity index (χ4v) is 5.56. The third-order valence-electron chi connectivity index (χ3n) is 5.32. The first-order valence-electron chi connectivity index (χ1n) is 10.2. The number of esters is 1. The van der Waals surface area contributed by atoms with E-state index in [1.54, 1.807) is 13.8 Å². The quantitative estimate of drug-likeness (QED) is 0.425. The molecule has 0 aliphatic heterocycles. The third kappa shape index (κ3) is 4.15. The minimum atomic E-state index is -0.428. The van der Waals surface area contributed by atoms with Gasteiger partial charge in [0.25, 0.3) is 10.8 Å². The maximum absolute atomic E-state index is 12.7. The maximum atomic E-state index is 12.7. The molecular formula is C20H24N4O4S2. The number of carbonyl (C=O) groups is 1. The SMILES string of the molecule is CCOC(=O)c1sc2nc(C(C)Sc3nnc(C4CCCCC4)o3)[nH]c(=O)c2c1C. The maximum Gasteiger partial charge on any atom is 0.348 e. The predicted octanol–water partition coefficient (Wildman–Crippen LogP) is 4.75. The van der Waals surface area contributed by atoms with Crippen LogP contribution in [0.4, 0.5) is 0 Å². The van der Waals surface area contributed by atoms with E-state index in [1.165, 1.54) is 42.4 Å². The van der Waals surface area contributed by atoms with Crippen LogP contribution in [0.3, 0.4) is 0 Å². The third-order valence-corrected chi connectivity index (χ3v) is 7.43. The Morgan fingerprint density at radius 1 is 1.33 bits per heavy atom. The number of nitrogens with zero attached hydrogens (tertiary/aromatic N) is 3. The van der Waals surface area contributed by atoms with E-state index in [9.17, 15) is 9.59 Å². The average Bonchev–Trinajstić information content (AvgIpc) is 3.33. The Morgan fingerprint density at radius 2 is 2.10 bits per heavy atom. The lowest BCUT2D eigenvalue weighted by Crippen LogP contribution is -2.12. The van der Waals surface area contributed by atoms with Gasteiger partial charge < -0.3 is 14.1 Å². The number of ether oxygens (including phenoxy) is 1. The number of aromatic amines is 1. The Bertz CT molecular complexity index is 1110. The van der Waals surface area contributed by atoms with Gasteiger partial charge in [0, 0.05) is 5.92 Å². The summed E-state index contributed by atoms with van der Waals surface area (Å²) in [5.41, 5.74) is 0.336. The van der Waals surface area contributed by atoms with Gasteiger partial charge in [0.15, 0.2) is 0 Å². The van der Waals surface area contributed by atoms with Gasteiger partial charge in [-0.25, -0.2) is 9.78 Å². The molecule has 1 aliphatic rings. The highest BCUT2D eigenvalue weighted by molar-refractivity contribution is 7.99. The molecular weight excluding hydrogens is 424 g/mol. The number of aryl methyl sites for hydroxylation is 1. The topological polar surface area (TPSA) is 111 Å². The van der Waals surface area contributed by atoms with Crippen LogP contribution in [0.5, 0.6) is 0 Å². The minimum absolute atomic E-state index is 0.199. The number of carbonyl (C=O) groups excluding carboxylic acids is 1. The fraction of sp³-hybridized carbons (Fsp3) is 0.550. The second-order valence-electron chi connectivity index (χ2n) is 7.41. The van der Waals surface area contributed by atoms with Crippen molar-refractivity contribution >= 4 is 39.3 Å². The molecule has 4 rings (SSSR count). The minimum Gasteiger partial charge on any atom is -0.462 e. The van der Waals surface area contributed by atoms with Gasteiger partial charge in [-0.3, -0.25) is 4.79 Å². The number of rotatable bonds is 6. The van der Waals surface area contributed by atoms with E-state index in [0.717, 1.165) is 12.8 Å². The van der Waals surface area contributed by atoms with Crippen molar-refractivity contribution in [1.29, 1.82) is 0 Å². The molecule has 30 heavy (non-hydrogen) atoms. The number of hydrogen-bond donors (Lipinski definition) is 1. The lowest BCUT2D eigenvalue weighted by atomic mass is 9.89. The summed E-state index contributed by atoms with van der Waals surface area (Å²) in [5, 5.41) is 9.10. The number of fused-ring (bicyclic) bond motifs is 1. The van der Waals surface area contributed by atoms with Crippen LogP contribution in [0.1, 0.15) is 84.1 Å². The zero-order chi connectivity index (χ0) is 21.3. The van der Waals surface area contributed by atoms with E-state index in [1.807, 2.05) is 6.92 Å². The lowest BCUT2D eigenvalue weighted by Gasteiger charge is -2.17. The highest BCUT2D eigenvalue weighted by Crippen LogP contribution is 2.37. The highest BCUT2D eigenvalue weighted by Gasteiger charge is 2.24. The number of thioether (sulfide) groups is 1. The molecule has 0 saturated heterocycles. The number of aromatic nitrogens is 4. The molecule has 3 aromatic rings. The summed E-state index contributed by atoms with van der Waals surface area (Å²) in [4.78, 5) is 33.2. The van der Waals surface area contributed by atoms with Crippen molar-refractivity contribution in [3.63, 3.8) is 0 Å². The van der Waals surface area contributed by atoms with Gasteiger partial charge in [0.1, 0.15) is 15.5 Å². The number of thiophene rings is 1. The first-order valence-corrected chi connectivity index (χ1v) is 11.9. The Morgan fingerprint density at radius 3 is 2.83 bits per heavy atom. The summed E-state index contributed by atoms with van der Waals surface area (Å²) in [5.74, 6) is 1.13. The van der Waals surface area contributed by atoms with E-state index < -0.39 is 5.97 Å². The van der Waals surface area contributed by atoms with Crippen molar-refractivity contribution < 1.29 is 13.9 Å². The first-order chi connectivity index (χ1) is 14.5. The van der Waals surface area contributed by atoms with E-state index in [2.05, 4.69) is 20.2 Å². The molecule has 3 heterocycles. The zero-order valence-electron chi connectivity index (χ0n) is 17.2. The Hall–Kier alpha value is -2.20. The monoisotopic (exact) mass is 448 g/mol. The normalized spacial score (nSPS) is 16.1. The second-order valence-corrected chi connectivity index (χ2v) is 9.70. The van der Waals surface area contributed by atoms with E-state index in [-0.39, 0.29) is 17.4 Å². The molecule has 0 radical (unpaired) electrons. The highest BCUT2D eigenvalue weighted by atomic mass is 32.2. The summed E-state index contributed by atoms with van der Waals surface area (Å²) in [6.07, 6.45) is 5.85. The summed E-state index contributed by atoms with van der Waals surface area (Å²) in [6.45, 7) is 5.69. The van der Waals surface area contributed by atoms with Crippen LogP contribution in [0, 0.1) is 6.92 Å². The number of hydrogen-bond acceptors (Lipinski definition) is 9. The van der Waals surface area contributed by atoms with Crippen molar-refractivity contribution in [2.24, 2.45) is 0 Å². The average molecular weight is 449 g/mol. The molecule has 1 N–H and O–H groups in total. The predicted molar refractivity (Wildman–Crippen MR) is 115 cm³/mol. The smallest absolute Gasteiger partial charge is 0.348 e. The summed E-state index contributed by atoms with van der Waals surface area (Å²) < 4.78 is 11.0. The summed E-state index contributed by atoms with van der Waals surface area (Å²) >= 11 is 2.54. The van der Waals surface area contributed by atoms with Crippen LogP contribution in [0.25, 0.3) is 10.2 Å². The standard InChI is InChI=1S/C20H24N4O4S2/c1-4-27-19(26)14-10(2)13-16(25)21-15(22-18(13)30-14)11(3)29-20-24-23-17(28-20)12-8-6-5-7-9-12/h11-12H,4-9H2,1-3H3,(H,21,22,25). The zero-order valence-corrected chi connectivity index (χ0v) is 18.8. The number of H-pyrrole nitrogens is 1. The molecule has 10 heteroatoms. The van der Waals surface area contributed by atoms with E-state index in [4.69, 9.17) is 9.15 Å². The van der Waals surface area contributed by atoms with Crippen molar-refractivity contribution in [1.82, 2.24) is 20.2 Å². The molecule has 0 aromatic carbocycles. The van der Waals surface area contributed by atoms with Crippen LogP contribution in [0.15, 0.2) is 14.4 Å². The summed E-state index contributed by atoms with van der Waals surface area (Å²) in [6, 6.07) is 0. The van der Waals surface area contributed by atoms with Gasteiger partial charge in [-0.1, -0.05) is 31.0 Å². The molecule has 1 saturated carbocycles. The molecule has 0 bridgehead atoms. The molecule has 1 atom stereocenters. The molecule has 0 spiro atoms. The molecule has 1 aliphatic carbocycles. The molecule has 0 amide bonds. The van der Waals surface area contributed by atoms with Crippen molar-refractivity contribution in [2.45, 2.75) is 69.3 Å². The van der Waals surface area contributed by atoms with Gasteiger partial charge in [-0.2, -0.15) is 0 Å². The fourth-order valence-electron chi connectivity index (χ4n) is 3.73. The van der Waals surface area contributed by atoms with Crippen LogP contribution in [0.2, 0.25) is 0 Å². The first kappa shape index (κ1) is 21.0. The van der Waals surface area contributed by atoms with E-state index >= 15 is 0 Å². The van der Waals surface area contributed by atoms with Gasteiger partial charge >= 0.3 is 5.97 Å². The van der Waals surface area contributed by atoms with Gasteiger partial charge in [-0.05, 0) is 39.2 Å².